The first-order valence-electron chi connectivity index (χ1n) is 6.57. The minimum absolute atomic E-state index is 0.375. The van der Waals surface area contributed by atoms with Crippen LogP contribution in [0.15, 0.2) is 42.6 Å². The number of nitrogens with one attached hydrogen (secondary N) is 2. The Labute approximate surface area is 137 Å². The highest BCUT2D eigenvalue weighted by molar-refractivity contribution is 6.42. The van der Waals surface area contributed by atoms with Crippen molar-refractivity contribution >= 4 is 45.8 Å². The average Bonchev–Trinajstić information content (AvgIpc) is 2.49. The van der Waals surface area contributed by atoms with Crippen LogP contribution in [0, 0.1) is 5.41 Å². The van der Waals surface area contributed by atoms with Crippen molar-refractivity contribution in [1.82, 2.24) is 9.97 Å². The molecule has 1 aromatic heterocycles. The van der Waals surface area contributed by atoms with Crippen LogP contribution in [0.4, 0.5) is 5.69 Å². The Hall–Kier alpha value is -2.17. The predicted octanol–water partition coefficient (Wildman–Crippen LogP) is 5.01. The Bertz CT molecular complexity index is 877. The van der Waals surface area contributed by atoms with E-state index in [0.29, 0.717) is 15.9 Å². The number of benzene rings is 2. The third-order valence-corrected chi connectivity index (χ3v) is 3.83. The van der Waals surface area contributed by atoms with Crippen molar-refractivity contribution in [3.8, 4) is 11.3 Å². The molecule has 0 aliphatic rings. The lowest BCUT2D eigenvalue weighted by atomic mass is 10.1. The van der Waals surface area contributed by atoms with Gasteiger partial charge in [0, 0.05) is 11.3 Å². The van der Waals surface area contributed by atoms with Gasteiger partial charge in [0.1, 0.15) is 0 Å². The van der Waals surface area contributed by atoms with Crippen molar-refractivity contribution in [2.75, 3.05) is 5.32 Å². The molecular formula is C16H12Cl2N4. The minimum Gasteiger partial charge on any atom is -0.344 e. The third-order valence-electron chi connectivity index (χ3n) is 3.09. The standard InChI is InChI=1S/C16H12Cl2N4/c1-9(19)21-11-3-5-14-15(7-11)20-8-16(22-14)10-2-4-12(17)13(18)6-10/h2-8H,1H3,(H2,19,21). The SMILES string of the molecule is CC(=N)Nc1ccc2nc(-c3ccc(Cl)c(Cl)c3)cnc2c1. The van der Waals surface area contributed by atoms with Crippen LogP contribution in [0.2, 0.25) is 10.0 Å². The van der Waals surface area contributed by atoms with E-state index in [0.717, 1.165) is 28.0 Å². The number of fused-ring (bicyclic) bond motifs is 1. The second kappa shape index (κ2) is 5.91. The van der Waals surface area contributed by atoms with Gasteiger partial charge in [0.2, 0.25) is 0 Å². The maximum Gasteiger partial charge on any atom is 0.0944 e. The lowest BCUT2D eigenvalue weighted by Gasteiger charge is -2.07. The number of amidine groups is 1. The van der Waals surface area contributed by atoms with Gasteiger partial charge in [0.25, 0.3) is 0 Å². The first kappa shape index (κ1) is 14.8. The molecule has 3 aromatic rings. The quantitative estimate of drug-likeness (QED) is 0.512. The van der Waals surface area contributed by atoms with Gasteiger partial charge in [0.15, 0.2) is 0 Å². The molecule has 2 N–H and O–H groups in total. The molecule has 0 spiro atoms. The van der Waals surface area contributed by atoms with E-state index in [1.165, 1.54) is 0 Å². The van der Waals surface area contributed by atoms with E-state index in [4.69, 9.17) is 28.6 Å². The van der Waals surface area contributed by atoms with Crippen molar-refractivity contribution in [2.24, 2.45) is 0 Å². The molecule has 110 valence electrons. The topological polar surface area (TPSA) is 61.7 Å². The third kappa shape index (κ3) is 3.03. The van der Waals surface area contributed by atoms with E-state index in [1.54, 1.807) is 25.3 Å². The number of anilines is 1. The molecule has 22 heavy (non-hydrogen) atoms. The highest BCUT2D eigenvalue weighted by Crippen LogP contribution is 2.28. The van der Waals surface area contributed by atoms with Gasteiger partial charge >= 0.3 is 0 Å². The van der Waals surface area contributed by atoms with Crippen molar-refractivity contribution in [2.45, 2.75) is 6.92 Å². The van der Waals surface area contributed by atoms with E-state index in [1.807, 2.05) is 24.3 Å². The lowest BCUT2D eigenvalue weighted by molar-refractivity contribution is 1.29. The van der Waals surface area contributed by atoms with E-state index < -0.39 is 0 Å². The first-order chi connectivity index (χ1) is 10.5. The second-order valence-electron chi connectivity index (χ2n) is 4.84. The zero-order valence-electron chi connectivity index (χ0n) is 11.7. The summed E-state index contributed by atoms with van der Waals surface area (Å²) in [5.74, 6) is 0.375. The number of hydrogen-bond donors (Lipinski definition) is 2. The van der Waals surface area contributed by atoms with E-state index in [2.05, 4.69) is 15.3 Å². The molecule has 6 heteroatoms. The molecule has 0 fully saturated rings. The van der Waals surface area contributed by atoms with Crippen LogP contribution in [-0.2, 0) is 0 Å². The molecule has 2 aromatic carbocycles. The summed E-state index contributed by atoms with van der Waals surface area (Å²) in [6.45, 7) is 1.68. The smallest absolute Gasteiger partial charge is 0.0944 e. The van der Waals surface area contributed by atoms with Gasteiger partial charge in [-0.05, 0) is 37.3 Å². The highest BCUT2D eigenvalue weighted by atomic mass is 35.5. The van der Waals surface area contributed by atoms with Crippen LogP contribution in [-0.4, -0.2) is 15.8 Å². The summed E-state index contributed by atoms with van der Waals surface area (Å²) in [7, 11) is 0. The Kier molecular flexibility index (Phi) is 3.96. The Morgan fingerprint density at radius 3 is 2.59 bits per heavy atom. The highest BCUT2D eigenvalue weighted by Gasteiger charge is 2.06. The molecule has 0 saturated carbocycles. The minimum atomic E-state index is 0.375. The summed E-state index contributed by atoms with van der Waals surface area (Å²) in [4.78, 5) is 9.02. The summed E-state index contributed by atoms with van der Waals surface area (Å²) < 4.78 is 0. The fraction of sp³-hybridized carbons (Fsp3) is 0.0625. The molecule has 0 bridgehead atoms. The summed E-state index contributed by atoms with van der Waals surface area (Å²) in [6.07, 6.45) is 1.70. The van der Waals surface area contributed by atoms with Crippen LogP contribution >= 0.6 is 23.2 Å². The monoisotopic (exact) mass is 330 g/mol. The first-order valence-corrected chi connectivity index (χ1v) is 7.33. The molecular weight excluding hydrogens is 319 g/mol. The maximum atomic E-state index is 7.45. The zero-order valence-corrected chi connectivity index (χ0v) is 13.2. The van der Waals surface area contributed by atoms with Crippen LogP contribution < -0.4 is 5.32 Å². The molecule has 3 rings (SSSR count). The summed E-state index contributed by atoms with van der Waals surface area (Å²) >= 11 is 12.0. The van der Waals surface area contributed by atoms with Gasteiger partial charge in [-0.25, -0.2) is 4.98 Å². The molecule has 0 unspecified atom stereocenters. The summed E-state index contributed by atoms with van der Waals surface area (Å²) in [6, 6.07) is 11.0. The summed E-state index contributed by atoms with van der Waals surface area (Å²) in [5.41, 5.74) is 3.94. The van der Waals surface area contributed by atoms with Crippen LogP contribution in [0.3, 0.4) is 0 Å². The molecule has 0 saturated heterocycles. The largest absolute Gasteiger partial charge is 0.344 e. The molecule has 0 radical (unpaired) electrons. The summed E-state index contributed by atoms with van der Waals surface area (Å²) in [5, 5.41) is 11.4. The Morgan fingerprint density at radius 2 is 1.86 bits per heavy atom. The molecule has 0 atom stereocenters. The predicted molar refractivity (Wildman–Crippen MR) is 92.0 cm³/mol. The zero-order chi connectivity index (χ0) is 15.7. The van der Waals surface area contributed by atoms with E-state index >= 15 is 0 Å². The van der Waals surface area contributed by atoms with Gasteiger partial charge in [-0.15, -0.1) is 0 Å². The number of nitrogens with zero attached hydrogens (tertiary/aromatic N) is 2. The molecule has 0 aliphatic heterocycles. The lowest BCUT2D eigenvalue weighted by Crippen LogP contribution is -2.04. The average molecular weight is 331 g/mol. The molecule has 0 amide bonds. The fourth-order valence-electron chi connectivity index (χ4n) is 2.10. The normalized spacial score (nSPS) is 10.7. The number of halogens is 2. The van der Waals surface area contributed by atoms with Gasteiger partial charge in [-0.1, -0.05) is 29.3 Å². The Morgan fingerprint density at radius 1 is 1.05 bits per heavy atom. The van der Waals surface area contributed by atoms with Crippen LogP contribution in [0.25, 0.3) is 22.3 Å². The maximum absolute atomic E-state index is 7.45. The van der Waals surface area contributed by atoms with Crippen molar-refractivity contribution in [3.05, 3.63) is 52.6 Å². The van der Waals surface area contributed by atoms with E-state index in [9.17, 15) is 0 Å². The molecule has 4 nitrogen and oxygen atoms in total. The van der Waals surface area contributed by atoms with Crippen LogP contribution in [0.5, 0.6) is 0 Å². The van der Waals surface area contributed by atoms with Gasteiger partial charge < -0.3 is 5.32 Å². The molecule has 1 heterocycles. The molecule has 0 aliphatic carbocycles. The van der Waals surface area contributed by atoms with Crippen molar-refractivity contribution < 1.29 is 0 Å². The Balaban J connectivity index is 2.02. The van der Waals surface area contributed by atoms with Crippen LogP contribution in [0.1, 0.15) is 6.92 Å². The van der Waals surface area contributed by atoms with Gasteiger partial charge in [-0.3, -0.25) is 10.4 Å². The second-order valence-corrected chi connectivity index (χ2v) is 5.65. The number of rotatable bonds is 2. The fourth-order valence-corrected chi connectivity index (χ4v) is 2.40. The van der Waals surface area contributed by atoms with Gasteiger partial charge in [-0.2, -0.15) is 0 Å². The van der Waals surface area contributed by atoms with E-state index in [-0.39, 0.29) is 0 Å². The number of hydrogen-bond acceptors (Lipinski definition) is 3. The van der Waals surface area contributed by atoms with Crippen molar-refractivity contribution in [1.29, 1.82) is 5.41 Å². The van der Waals surface area contributed by atoms with Crippen molar-refractivity contribution in [3.63, 3.8) is 0 Å². The number of aromatic nitrogens is 2. The van der Waals surface area contributed by atoms with Gasteiger partial charge in [0.05, 0.1) is 38.8 Å².